The zero-order valence-corrected chi connectivity index (χ0v) is 12.3. The number of hydrazine groups is 1. The summed E-state index contributed by atoms with van der Waals surface area (Å²) in [4.78, 5) is 0. The molecule has 0 aromatic heterocycles. The van der Waals surface area contributed by atoms with Gasteiger partial charge in [0, 0.05) is 18.1 Å². The molecule has 0 amide bonds. The molecule has 0 aromatic carbocycles. The van der Waals surface area contributed by atoms with E-state index in [0.29, 0.717) is 6.42 Å². The first-order chi connectivity index (χ1) is 8.51. The average molecular weight is 276 g/mol. The standard InChI is InChI=1S/C13H28N2O2S/c1-18(16,17)11-5-8-13(15-14)10-9-12-6-3-2-4-7-12/h12-13,15H,2-11,14H2,1H3. The summed E-state index contributed by atoms with van der Waals surface area (Å²) in [5, 5.41) is 0. The van der Waals surface area contributed by atoms with E-state index in [-0.39, 0.29) is 11.8 Å². The van der Waals surface area contributed by atoms with E-state index in [4.69, 9.17) is 5.84 Å². The second-order valence-electron chi connectivity index (χ2n) is 5.72. The van der Waals surface area contributed by atoms with E-state index in [9.17, 15) is 8.42 Å². The molecule has 1 saturated carbocycles. The summed E-state index contributed by atoms with van der Waals surface area (Å²) < 4.78 is 22.1. The Kier molecular flexibility index (Phi) is 7.19. The van der Waals surface area contributed by atoms with Crippen molar-refractivity contribution in [3.63, 3.8) is 0 Å². The lowest BCUT2D eigenvalue weighted by Gasteiger charge is -2.24. The molecule has 1 aliphatic rings. The Labute approximate surface area is 112 Å². The molecule has 1 fully saturated rings. The fourth-order valence-corrected chi connectivity index (χ4v) is 3.51. The summed E-state index contributed by atoms with van der Waals surface area (Å²) in [7, 11) is -2.83. The van der Waals surface area contributed by atoms with Crippen LogP contribution in [-0.2, 0) is 9.84 Å². The molecule has 0 spiro atoms. The van der Waals surface area contributed by atoms with Gasteiger partial charge in [-0.05, 0) is 31.6 Å². The van der Waals surface area contributed by atoms with E-state index in [1.165, 1.54) is 44.8 Å². The van der Waals surface area contributed by atoms with Crippen LogP contribution in [0.3, 0.4) is 0 Å². The number of nitrogens with one attached hydrogen (secondary N) is 1. The Bertz CT molecular complexity index is 311. The van der Waals surface area contributed by atoms with Gasteiger partial charge >= 0.3 is 0 Å². The van der Waals surface area contributed by atoms with Gasteiger partial charge in [-0.25, -0.2) is 8.42 Å². The van der Waals surface area contributed by atoms with Gasteiger partial charge < -0.3 is 0 Å². The van der Waals surface area contributed by atoms with Gasteiger partial charge in [-0.15, -0.1) is 0 Å². The number of sulfone groups is 1. The van der Waals surface area contributed by atoms with Crippen LogP contribution < -0.4 is 11.3 Å². The predicted octanol–water partition coefficient (Wildman–Crippen LogP) is 2.00. The molecule has 1 atom stereocenters. The van der Waals surface area contributed by atoms with Crippen molar-refractivity contribution in [2.75, 3.05) is 12.0 Å². The van der Waals surface area contributed by atoms with Gasteiger partial charge in [0.25, 0.3) is 0 Å². The highest BCUT2D eigenvalue weighted by Gasteiger charge is 2.16. The maximum Gasteiger partial charge on any atom is 0.147 e. The Morgan fingerprint density at radius 1 is 1.22 bits per heavy atom. The minimum atomic E-state index is -2.83. The smallest absolute Gasteiger partial charge is 0.147 e. The minimum Gasteiger partial charge on any atom is -0.271 e. The third-order valence-electron chi connectivity index (χ3n) is 3.95. The molecule has 5 heteroatoms. The molecule has 18 heavy (non-hydrogen) atoms. The highest BCUT2D eigenvalue weighted by Crippen LogP contribution is 2.28. The fourth-order valence-electron chi connectivity index (χ4n) is 2.82. The average Bonchev–Trinajstić information content (AvgIpc) is 2.33. The van der Waals surface area contributed by atoms with Crippen molar-refractivity contribution in [1.82, 2.24) is 5.43 Å². The first-order valence-corrected chi connectivity index (χ1v) is 9.21. The first-order valence-electron chi connectivity index (χ1n) is 7.15. The van der Waals surface area contributed by atoms with Crippen molar-refractivity contribution in [2.45, 2.75) is 63.8 Å². The van der Waals surface area contributed by atoms with Crippen LogP contribution >= 0.6 is 0 Å². The largest absolute Gasteiger partial charge is 0.271 e. The molecular formula is C13H28N2O2S. The maximum atomic E-state index is 11.1. The monoisotopic (exact) mass is 276 g/mol. The van der Waals surface area contributed by atoms with Crippen molar-refractivity contribution in [3.8, 4) is 0 Å². The molecule has 3 N–H and O–H groups in total. The maximum absolute atomic E-state index is 11.1. The fraction of sp³-hybridized carbons (Fsp3) is 1.00. The quantitative estimate of drug-likeness (QED) is 0.525. The Morgan fingerprint density at radius 3 is 2.44 bits per heavy atom. The minimum absolute atomic E-state index is 0.272. The SMILES string of the molecule is CS(=O)(=O)CCCC(CCC1CCCCC1)NN. The van der Waals surface area contributed by atoms with Gasteiger partial charge in [-0.2, -0.15) is 0 Å². The lowest BCUT2D eigenvalue weighted by atomic mass is 9.85. The summed E-state index contributed by atoms with van der Waals surface area (Å²) in [6, 6.07) is 0.272. The zero-order chi connectivity index (χ0) is 13.4. The lowest BCUT2D eigenvalue weighted by Crippen LogP contribution is -2.35. The van der Waals surface area contributed by atoms with Crippen molar-refractivity contribution in [1.29, 1.82) is 0 Å². The number of hydrogen-bond donors (Lipinski definition) is 2. The summed E-state index contributed by atoms with van der Waals surface area (Å²) >= 11 is 0. The van der Waals surface area contributed by atoms with Gasteiger partial charge in [-0.1, -0.05) is 32.1 Å². The molecule has 1 rings (SSSR count). The Balaban J connectivity index is 2.16. The second-order valence-corrected chi connectivity index (χ2v) is 7.98. The van der Waals surface area contributed by atoms with Crippen molar-refractivity contribution in [2.24, 2.45) is 11.8 Å². The highest BCUT2D eigenvalue weighted by atomic mass is 32.2. The van der Waals surface area contributed by atoms with Gasteiger partial charge in [0.1, 0.15) is 9.84 Å². The molecule has 0 saturated heterocycles. The van der Waals surface area contributed by atoms with E-state index in [0.717, 1.165) is 18.8 Å². The topological polar surface area (TPSA) is 72.2 Å². The molecule has 4 nitrogen and oxygen atoms in total. The van der Waals surface area contributed by atoms with Crippen LogP contribution in [0.25, 0.3) is 0 Å². The van der Waals surface area contributed by atoms with Crippen LogP contribution in [0.4, 0.5) is 0 Å². The number of hydrogen-bond acceptors (Lipinski definition) is 4. The molecule has 0 aliphatic heterocycles. The first kappa shape index (κ1) is 15.9. The predicted molar refractivity (Wildman–Crippen MR) is 75.9 cm³/mol. The van der Waals surface area contributed by atoms with Crippen molar-refractivity contribution in [3.05, 3.63) is 0 Å². The summed E-state index contributed by atoms with van der Waals surface area (Å²) in [5.74, 6) is 6.68. The molecule has 108 valence electrons. The molecular weight excluding hydrogens is 248 g/mol. The molecule has 0 heterocycles. The van der Waals surface area contributed by atoms with Crippen LogP contribution in [0.5, 0.6) is 0 Å². The third-order valence-corrected chi connectivity index (χ3v) is 4.98. The van der Waals surface area contributed by atoms with Crippen molar-refractivity contribution >= 4 is 9.84 Å². The third kappa shape index (κ3) is 7.34. The number of nitrogens with two attached hydrogens (primary N) is 1. The summed E-state index contributed by atoms with van der Waals surface area (Å²) in [6.07, 6.45) is 12.0. The Morgan fingerprint density at radius 2 is 1.89 bits per heavy atom. The molecule has 1 aliphatic carbocycles. The zero-order valence-electron chi connectivity index (χ0n) is 11.5. The molecule has 1 unspecified atom stereocenters. The van der Waals surface area contributed by atoms with Crippen LogP contribution in [0.2, 0.25) is 0 Å². The number of rotatable bonds is 8. The van der Waals surface area contributed by atoms with Gasteiger partial charge in [0.15, 0.2) is 0 Å². The second kappa shape index (κ2) is 8.12. The van der Waals surface area contributed by atoms with E-state index < -0.39 is 9.84 Å². The van der Waals surface area contributed by atoms with E-state index in [1.807, 2.05) is 0 Å². The van der Waals surface area contributed by atoms with Crippen LogP contribution in [-0.4, -0.2) is 26.5 Å². The Hall–Kier alpha value is -0.130. The van der Waals surface area contributed by atoms with Gasteiger partial charge in [-0.3, -0.25) is 11.3 Å². The molecule has 0 radical (unpaired) electrons. The lowest BCUT2D eigenvalue weighted by molar-refractivity contribution is 0.309. The summed E-state index contributed by atoms with van der Waals surface area (Å²) in [6.45, 7) is 0. The van der Waals surface area contributed by atoms with Crippen molar-refractivity contribution < 1.29 is 8.42 Å². The normalized spacial score (nSPS) is 19.9. The van der Waals surface area contributed by atoms with E-state index >= 15 is 0 Å². The molecule has 0 bridgehead atoms. The van der Waals surface area contributed by atoms with Crippen LogP contribution in [0.15, 0.2) is 0 Å². The van der Waals surface area contributed by atoms with E-state index in [2.05, 4.69) is 5.43 Å². The summed E-state index contributed by atoms with van der Waals surface area (Å²) in [5.41, 5.74) is 2.83. The van der Waals surface area contributed by atoms with Crippen LogP contribution in [0.1, 0.15) is 57.8 Å². The van der Waals surface area contributed by atoms with E-state index in [1.54, 1.807) is 0 Å². The van der Waals surface area contributed by atoms with Crippen LogP contribution in [0, 0.1) is 5.92 Å². The molecule has 0 aromatic rings. The van der Waals surface area contributed by atoms with Gasteiger partial charge in [0.2, 0.25) is 0 Å². The van der Waals surface area contributed by atoms with Gasteiger partial charge in [0.05, 0.1) is 0 Å². The highest BCUT2D eigenvalue weighted by molar-refractivity contribution is 7.90.